The molecular formula is C16H21N3O3. The highest BCUT2D eigenvalue weighted by Gasteiger charge is 2.02. The van der Waals surface area contributed by atoms with Crippen LogP contribution in [-0.4, -0.2) is 32.7 Å². The zero-order valence-corrected chi connectivity index (χ0v) is 12.8. The molecule has 0 saturated carbocycles. The maximum atomic E-state index is 11.8. The summed E-state index contributed by atoms with van der Waals surface area (Å²) in [4.78, 5) is 22.2. The Hall–Kier alpha value is -2.60. The molecule has 0 bridgehead atoms. The smallest absolute Gasteiger partial charge is 0.319 e. The lowest BCUT2D eigenvalue weighted by Gasteiger charge is -2.09. The SMILES string of the molecule is C/C=C(\C=C/COC)CNC(=O)Nc1cccc(NC=O)c1. The van der Waals surface area contributed by atoms with Crippen molar-refractivity contribution >= 4 is 23.8 Å². The molecule has 6 nitrogen and oxygen atoms in total. The number of urea groups is 1. The van der Waals surface area contributed by atoms with Crippen LogP contribution in [0.1, 0.15) is 6.92 Å². The monoisotopic (exact) mass is 303 g/mol. The van der Waals surface area contributed by atoms with E-state index in [0.717, 1.165) is 5.57 Å². The van der Waals surface area contributed by atoms with E-state index in [9.17, 15) is 9.59 Å². The summed E-state index contributed by atoms with van der Waals surface area (Å²) in [5, 5.41) is 7.99. The van der Waals surface area contributed by atoms with Crippen LogP contribution >= 0.6 is 0 Å². The summed E-state index contributed by atoms with van der Waals surface area (Å²) in [5.74, 6) is 0. The topological polar surface area (TPSA) is 79.5 Å². The van der Waals surface area contributed by atoms with E-state index < -0.39 is 0 Å². The number of allylic oxidation sites excluding steroid dienone is 1. The van der Waals surface area contributed by atoms with Gasteiger partial charge in [-0.05, 0) is 30.7 Å². The van der Waals surface area contributed by atoms with Crippen LogP contribution in [0.15, 0.2) is 48.1 Å². The van der Waals surface area contributed by atoms with E-state index in [1.54, 1.807) is 31.4 Å². The number of carbonyl (C=O) groups excluding carboxylic acids is 2. The van der Waals surface area contributed by atoms with Crippen LogP contribution in [-0.2, 0) is 9.53 Å². The Morgan fingerprint density at radius 1 is 1.32 bits per heavy atom. The van der Waals surface area contributed by atoms with Gasteiger partial charge in [-0.25, -0.2) is 4.79 Å². The molecule has 0 aliphatic heterocycles. The molecule has 0 atom stereocenters. The summed E-state index contributed by atoms with van der Waals surface area (Å²) in [6, 6.07) is 6.57. The first kappa shape index (κ1) is 17.5. The summed E-state index contributed by atoms with van der Waals surface area (Å²) in [6.45, 7) is 2.84. The van der Waals surface area contributed by atoms with E-state index in [1.807, 2.05) is 25.2 Å². The fraction of sp³-hybridized carbons (Fsp3) is 0.250. The first-order valence-corrected chi connectivity index (χ1v) is 6.85. The number of ether oxygens (including phenoxy) is 1. The van der Waals surface area contributed by atoms with Crippen LogP contribution in [0, 0.1) is 0 Å². The van der Waals surface area contributed by atoms with Gasteiger partial charge in [-0.3, -0.25) is 4.79 Å². The Bertz CT molecular complexity index is 553. The molecule has 3 amide bonds. The van der Waals surface area contributed by atoms with Gasteiger partial charge in [-0.2, -0.15) is 0 Å². The molecule has 0 unspecified atom stereocenters. The molecular weight excluding hydrogens is 282 g/mol. The largest absolute Gasteiger partial charge is 0.381 e. The number of nitrogens with one attached hydrogen (secondary N) is 3. The van der Waals surface area contributed by atoms with Crippen molar-refractivity contribution in [3.05, 3.63) is 48.1 Å². The van der Waals surface area contributed by atoms with E-state index in [0.29, 0.717) is 30.9 Å². The normalized spacial score (nSPS) is 11.3. The maximum absolute atomic E-state index is 11.8. The van der Waals surface area contributed by atoms with Crippen molar-refractivity contribution in [2.45, 2.75) is 6.92 Å². The minimum Gasteiger partial charge on any atom is -0.381 e. The first-order valence-electron chi connectivity index (χ1n) is 6.85. The molecule has 0 aliphatic carbocycles. The molecule has 0 aromatic heterocycles. The Kier molecular flexibility index (Phi) is 8.07. The number of amides is 3. The van der Waals surface area contributed by atoms with E-state index in [2.05, 4.69) is 16.0 Å². The zero-order chi connectivity index (χ0) is 16.2. The molecule has 0 saturated heterocycles. The van der Waals surface area contributed by atoms with Crippen molar-refractivity contribution < 1.29 is 14.3 Å². The Morgan fingerprint density at radius 2 is 2.09 bits per heavy atom. The third-order valence-corrected chi connectivity index (χ3v) is 2.76. The van der Waals surface area contributed by atoms with Crippen LogP contribution in [0.3, 0.4) is 0 Å². The number of hydrogen-bond acceptors (Lipinski definition) is 3. The molecule has 1 aromatic rings. The number of carbonyl (C=O) groups is 2. The number of anilines is 2. The van der Waals surface area contributed by atoms with Gasteiger partial charge in [-0.1, -0.05) is 24.3 Å². The van der Waals surface area contributed by atoms with Gasteiger partial charge in [0.1, 0.15) is 0 Å². The third-order valence-electron chi connectivity index (χ3n) is 2.76. The number of hydrogen-bond donors (Lipinski definition) is 3. The predicted octanol–water partition coefficient (Wildman–Crippen LogP) is 2.53. The molecule has 1 aromatic carbocycles. The fourth-order valence-electron chi connectivity index (χ4n) is 1.67. The van der Waals surface area contributed by atoms with Gasteiger partial charge in [0.15, 0.2) is 0 Å². The van der Waals surface area contributed by atoms with Crippen LogP contribution in [0.4, 0.5) is 16.2 Å². The van der Waals surface area contributed by atoms with Gasteiger partial charge in [-0.15, -0.1) is 0 Å². The molecule has 1 rings (SSSR count). The number of benzene rings is 1. The lowest BCUT2D eigenvalue weighted by Crippen LogP contribution is -2.30. The molecule has 118 valence electrons. The van der Waals surface area contributed by atoms with Crippen LogP contribution < -0.4 is 16.0 Å². The van der Waals surface area contributed by atoms with E-state index in [4.69, 9.17) is 4.74 Å². The van der Waals surface area contributed by atoms with Crippen molar-refractivity contribution in [1.29, 1.82) is 0 Å². The second kappa shape index (κ2) is 10.2. The van der Waals surface area contributed by atoms with Crippen molar-refractivity contribution in [1.82, 2.24) is 5.32 Å². The number of methoxy groups -OCH3 is 1. The molecule has 22 heavy (non-hydrogen) atoms. The van der Waals surface area contributed by atoms with Crippen molar-refractivity contribution in [3.8, 4) is 0 Å². The predicted molar refractivity (Wildman–Crippen MR) is 87.9 cm³/mol. The summed E-state index contributed by atoms with van der Waals surface area (Å²) in [6.07, 6.45) is 6.28. The fourth-order valence-corrected chi connectivity index (χ4v) is 1.67. The molecule has 0 heterocycles. The van der Waals surface area contributed by atoms with Crippen LogP contribution in [0.25, 0.3) is 0 Å². The quantitative estimate of drug-likeness (QED) is 0.510. The number of rotatable bonds is 8. The van der Waals surface area contributed by atoms with Crippen LogP contribution in [0.2, 0.25) is 0 Å². The zero-order valence-electron chi connectivity index (χ0n) is 12.8. The Morgan fingerprint density at radius 3 is 2.77 bits per heavy atom. The second-order valence-corrected chi connectivity index (χ2v) is 4.37. The average Bonchev–Trinajstić information content (AvgIpc) is 2.51. The highest BCUT2D eigenvalue weighted by atomic mass is 16.5. The summed E-state index contributed by atoms with van der Waals surface area (Å²) >= 11 is 0. The lowest BCUT2D eigenvalue weighted by molar-refractivity contribution is -0.105. The second-order valence-electron chi connectivity index (χ2n) is 4.37. The van der Waals surface area contributed by atoms with Crippen molar-refractivity contribution in [3.63, 3.8) is 0 Å². The molecule has 0 spiro atoms. The Balaban J connectivity index is 2.48. The van der Waals surface area contributed by atoms with Gasteiger partial charge < -0.3 is 20.7 Å². The van der Waals surface area contributed by atoms with Gasteiger partial charge in [0, 0.05) is 25.0 Å². The maximum Gasteiger partial charge on any atom is 0.319 e. The van der Waals surface area contributed by atoms with E-state index >= 15 is 0 Å². The van der Waals surface area contributed by atoms with Crippen molar-refractivity contribution in [2.75, 3.05) is 30.9 Å². The van der Waals surface area contributed by atoms with E-state index in [1.165, 1.54) is 0 Å². The molecule has 0 aliphatic rings. The molecule has 0 fully saturated rings. The first-order chi connectivity index (χ1) is 10.7. The summed E-state index contributed by atoms with van der Waals surface area (Å²) in [5.41, 5.74) is 2.19. The third kappa shape index (κ3) is 6.71. The highest BCUT2D eigenvalue weighted by Crippen LogP contribution is 2.14. The lowest BCUT2D eigenvalue weighted by atomic mass is 10.2. The van der Waals surface area contributed by atoms with Gasteiger partial charge in [0.2, 0.25) is 6.41 Å². The molecule has 6 heteroatoms. The molecule has 0 radical (unpaired) electrons. The minimum atomic E-state index is -0.317. The molecule has 3 N–H and O–H groups in total. The average molecular weight is 303 g/mol. The van der Waals surface area contributed by atoms with E-state index in [-0.39, 0.29) is 6.03 Å². The summed E-state index contributed by atoms with van der Waals surface area (Å²) in [7, 11) is 1.62. The van der Waals surface area contributed by atoms with Gasteiger partial charge in [0.25, 0.3) is 0 Å². The minimum absolute atomic E-state index is 0.317. The standard InChI is InChI=1S/C16H21N3O3/c1-3-13(6-5-9-22-2)11-17-16(21)19-15-8-4-7-14(10-15)18-12-20/h3-8,10,12H,9,11H2,1-2H3,(H,18,20)(H2,17,19,21)/b6-5-,13-3+. The van der Waals surface area contributed by atoms with Gasteiger partial charge >= 0.3 is 6.03 Å². The Labute approximate surface area is 130 Å². The van der Waals surface area contributed by atoms with Gasteiger partial charge in [0.05, 0.1) is 6.61 Å². The summed E-state index contributed by atoms with van der Waals surface area (Å²) < 4.78 is 4.93. The highest BCUT2D eigenvalue weighted by molar-refractivity contribution is 5.90. The van der Waals surface area contributed by atoms with Crippen LogP contribution in [0.5, 0.6) is 0 Å². The van der Waals surface area contributed by atoms with Crippen molar-refractivity contribution in [2.24, 2.45) is 0 Å².